The van der Waals surface area contributed by atoms with Gasteiger partial charge in [0.2, 0.25) is 0 Å². The van der Waals surface area contributed by atoms with Crippen molar-refractivity contribution in [1.29, 1.82) is 0 Å². The second-order valence-electron chi connectivity index (χ2n) is 10.3. The van der Waals surface area contributed by atoms with Gasteiger partial charge in [-0.2, -0.15) is 0 Å². The van der Waals surface area contributed by atoms with E-state index < -0.39 is 5.97 Å². The number of urea groups is 1. The van der Waals surface area contributed by atoms with Crippen molar-refractivity contribution in [2.45, 2.75) is 58.8 Å². The van der Waals surface area contributed by atoms with E-state index in [9.17, 15) is 9.59 Å². The summed E-state index contributed by atoms with van der Waals surface area (Å²) in [5, 5.41) is 12.1. The van der Waals surface area contributed by atoms with E-state index in [-0.39, 0.29) is 12.5 Å². The lowest BCUT2D eigenvalue weighted by molar-refractivity contribution is -0.138. The van der Waals surface area contributed by atoms with Crippen LogP contribution in [0.25, 0.3) is 5.57 Å². The Morgan fingerprint density at radius 3 is 2.49 bits per heavy atom. The van der Waals surface area contributed by atoms with Crippen LogP contribution >= 0.6 is 0 Å². The van der Waals surface area contributed by atoms with Crippen molar-refractivity contribution < 1.29 is 14.7 Å². The summed E-state index contributed by atoms with van der Waals surface area (Å²) in [5.41, 5.74) is 7.54. The molecular weight excluding hydrogens is 460 g/mol. The Bertz CT molecular complexity index is 1200. The molecule has 0 radical (unpaired) electrons. The number of aryl methyl sites for hydroxylation is 1. The molecule has 4 rings (SSSR count). The average molecular weight is 499 g/mol. The smallest absolute Gasteiger partial charge is 0.326 e. The van der Waals surface area contributed by atoms with E-state index >= 15 is 0 Å². The number of carboxylic acid groups (broad SMARTS) is 1. The molecule has 2 aromatic carbocycles. The lowest BCUT2D eigenvalue weighted by Crippen LogP contribution is -2.33. The van der Waals surface area contributed by atoms with Gasteiger partial charge in [-0.1, -0.05) is 61.1 Å². The van der Waals surface area contributed by atoms with Gasteiger partial charge in [-0.25, -0.2) is 4.79 Å². The topological polar surface area (TPSA) is 69.6 Å². The number of anilines is 2. The van der Waals surface area contributed by atoms with Gasteiger partial charge >= 0.3 is 12.0 Å². The molecule has 1 heterocycles. The van der Waals surface area contributed by atoms with Crippen molar-refractivity contribution in [3.63, 3.8) is 0 Å². The molecule has 5 nitrogen and oxygen atoms in total. The third kappa shape index (κ3) is 6.79. The van der Waals surface area contributed by atoms with Gasteiger partial charge in [0.05, 0.1) is 0 Å². The van der Waals surface area contributed by atoms with Crippen molar-refractivity contribution in [3.05, 3.63) is 89.5 Å². The monoisotopic (exact) mass is 498 g/mol. The minimum absolute atomic E-state index is 0.103. The normalized spacial score (nSPS) is 19.6. The Balaban J connectivity index is 1.41. The van der Waals surface area contributed by atoms with Crippen LogP contribution in [0.15, 0.2) is 72.8 Å². The number of fused-ring (bicyclic) bond motifs is 1. The quantitative estimate of drug-likeness (QED) is 0.365. The molecule has 0 bridgehead atoms. The summed E-state index contributed by atoms with van der Waals surface area (Å²) in [4.78, 5) is 25.8. The van der Waals surface area contributed by atoms with Crippen LogP contribution in [0.3, 0.4) is 0 Å². The Kier molecular flexibility index (Phi) is 8.65. The summed E-state index contributed by atoms with van der Waals surface area (Å²) in [6.45, 7) is 9.17. The minimum Gasteiger partial charge on any atom is -0.481 e. The van der Waals surface area contributed by atoms with Crippen LogP contribution in [0, 0.1) is 18.8 Å². The molecule has 2 N–H and O–H groups in total. The van der Waals surface area contributed by atoms with Gasteiger partial charge in [0.1, 0.15) is 0 Å². The second kappa shape index (κ2) is 12.1. The molecule has 1 fully saturated rings. The van der Waals surface area contributed by atoms with E-state index in [0.29, 0.717) is 18.4 Å². The zero-order chi connectivity index (χ0) is 26.4. The number of hydrogen-bond acceptors (Lipinski definition) is 2. The van der Waals surface area contributed by atoms with Crippen molar-refractivity contribution >= 4 is 28.9 Å². The van der Waals surface area contributed by atoms with Crippen LogP contribution < -0.4 is 10.2 Å². The number of hydrogen-bond donors (Lipinski definition) is 2. The van der Waals surface area contributed by atoms with Gasteiger partial charge in [-0.3, -0.25) is 9.69 Å². The van der Waals surface area contributed by atoms with Gasteiger partial charge in [-0.05, 0) is 98.2 Å². The Morgan fingerprint density at radius 2 is 1.81 bits per heavy atom. The molecule has 194 valence electrons. The summed E-state index contributed by atoms with van der Waals surface area (Å²) in [7, 11) is 0. The molecule has 5 heteroatoms. The molecule has 2 amide bonds. The number of carbonyl (C=O) groups excluding carboxylic acids is 1. The van der Waals surface area contributed by atoms with Crippen molar-refractivity contribution in [3.8, 4) is 0 Å². The van der Waals surface area contributed by atoms with E-state index in [1.165, 1.54) is 5.56 Å². The first kappa shape index (κ1) is 26.5. The molecule has 2 aliphatic rings. The second-order valence-corrected chi connectivity index (χ2v) is 10.3. The molecule has 0 atom stereocenters. The lowest BCUT2D eigenvalue weighted by atomic mass is 9.77. The Hall–Kier alpha value is -3.60. The number of nitrogens with one attached hydrogen (secondary N) is 1. The van der Waals surface area contributed by atoms with Crippen LogP contribution in [0.1, 0.15) is 62.1 Å². The lowest BCUT2D eigenvalue weighted by Gasteiger charge is -2.28. The third-order valence-electron chi connectivity index (χ3n) is 7.59. The first-order valence-corrected chi connectivity index (χ1v) is 13.4. The third-order valence-corrected chi connectivity index (χ3v) is 7.59. The summed E-state index contributed by atoms with van der Waals surface area (Å²) in [6, 6.07) is 14.1. The fourth-order valence-electron chi connectivity index (χ4n) is 5.44. The number of rotatable bonds is 8. The van der Waals surface area contributed by atoms with Crippen molar-refractivity contribution in [1.82, 2.24) is 0 Å². The fourth-order valence-corrected chi connectivity index (χ4v) is 5.44. The molecule has 37 heavy (non-hydrogen) atoms. The van der Waals surface area contributed by atoms with Crippen LogP contribution in [-0.2, 0) is 11.2 Å². The predicted octanol–water partition coefficient (Wildman–Crippen LogP) is 7.78. The van der Waals surface area contributed by atoms with Crippen molar-refractivity contribution in [2.24, 2.45) is 11.8 Å². The number of nitrogens with zero attached hydrogens (tertiary/aromatic N) is 1. The van der Waals surface area contributed by atoms with Gasteiger partial charge in [0.15, 0.2) is 0 Å². The molecule has 0 aromatic heterocycles. The molecule has 1 saturated carbocycles. The number of benzene rings is 2. The maximum absolute atomic E-state index is 12.9. The highest BCUT2D eigenvalue weighted by Gasteiger charge is 2.26. The summed E-state index contributed by atoms with van der Waals surface area (Å²) in [6.07, 6.45) is 12.5. The molecular formula is C32H38N2O3. The highest BCUT2D eigenvalue weighted by atomic mass is 16.4. The Morgan fingerprint density at radius 1 is 1.08 bits per heavy atom. The van der Waals surface area contributed by atoms with Gasteiger partial charge in [-0.15, -0.1) is 0 Å². The van der Waals surface area contributed by atoms with Crippen LogP contribution in [0.4, 0.5) is 16.2 Å². The molecule has 0 spiro atoms. The number of allylic oxidation sites excluding steroid dienone is 5. The maximum Gasteiger partial charge on any atom is 0.326 e. The van der Waals surface area contributed by atoms with E-state index in [1.807, 2.05) is 36.1 Å². The first-order valence-electron chi connectivity index (χ1n) is 13.4. The standard InChI is InChI=1S/C32H38N2O3/c1-4-5-26(11-8-23(3)25-12-9-24(10-13-25)20-31(35)36)27-14-17-30-28(21-27)18-19-34(30)32(37)33-29-15-6-22(2)7-16-29/h5-8,11,14-17,21,24-25H,3-4,9-10,12-13,18-20H2,1-2H3,(H,33,37)(H,35,36). The van der Waals surface area contributed by atoms with Crippen molar-refractivity contribution in [2.75, 3.05) is 16.8 Å². The van der Waals surface area contributed by atoms with E-state index in [4.69, 9.17) is 5.11 Å². The van der Waals surface area contributed by atoms with Crippen LogP contribution in [0.2, 0.25) is 0 Å². The summed E-state index contributed by atoms with van der Waals surface area (Å²) < 4.78 is 0. The van der Waals surface area contributed by atoms with Crippen LogP contribution in [-0.4, -0.2) is 23.7 Å². The average Bonchev–Trinajstić information content (AvgIpc) is 3.31. The van der Waals surface area contributed by atoms with Gasteiger partial charge in [0, 0.05) is 24.3 Å². The molecule has 0 unspecified atom stereocenters. The molecule has 1 aliphatic heterocycles. The summed E-state index contributed by atoms with van der Waals surface area (Å²) >= 11 is 0. The van der Waals surface area contributed by atoms with E-state index in [0.717, 1.165) is 72.2 Å². The van der Waals surface area contributed by atoms with Crippen LogP contribution in [0.5, 0.6) is 0 Å². The Labute approximate surface area is 220 Å². The molecule has 0 saturated heterocycles. The molecule has 1 aliphatic carbocycles. The van der Waals surface area contributed by atoms with E-state index in [2.05, 4.69) is 55.2 Å². The fraction of sp³-hybridized carbons (Fsp3) is 0.375. The highest BCUT2D eigenvalue weighted by molar-refractivity contribution is 6.03. The number of amides is 2. The maximum atomic E-state index is 12.9. The minimum atomic E-state index is -0.694. The SMILES string of the molecule is C=C(C=CC(=CCC)c1ccc2c(c1)CCN2C(=O)Nc1ccc(C)cc1)C1CCC(CC(=O)O)CC1. The van der Waals surface area contributed by atoms with E-state index in [1.54, 1.807) is 0 Å². The zero-order valence-corrected chi connectivity index (χ0v) is 22.0. The van der Waals surface area contributed by atoms with Gasteiger partial charge in [0.25, 0.3) is 0 Å². The number of carboxylic acids is 1. The summed E-state index contributed by atoms with van der Waals surface area (Å²) in [5.74, 6) is 0.0247. The number of carbonyl (C=O) groups is 2. The number of aliphatic carboxylic acids is 1. The van der Waals surface area contributed by atoms with Gasteiger partial charge < -0.3 is 10.4 Å². The predicted molar refractivity (Wildman–Crippen MR) is 152 cm³/mol. The molecule has 2 aromatic rings. The zero-order valence-electron chi connectivity index (χ0n) is 22.0. The first-order chi connectivity index (χ1) is 17.8. The largest absolute Gasteiger partial charge is 0.481 e. The highest BCUT2D eigenvalue weighted by Crippen LogP contribution is 2.36.